The molecule has 2 aromatic rings. The van der Waals surface area contributed by atoms with Crippen molar-refractivity contribution in [3.8, 4) is 5.75 Å². The summed E-state index contributed by atoms with van der Waals surface area (Å²) in [5.74, 6) is 0.713. The van der Waals surface area contributed by atoms with E-state index in [9.17, 15) is 4.79 Å². The van der Waals surface area contributed by atoms with E-state index < -0.39 is 0 Å². The molecular formula is C27H34N2O3. The van der Waals surface area contributed by atoms with Gasteiger partial charge >= 0.3 is 0 Å². The number of fused-ring (bicyclic) bond motifs is 1. The van der Waals surface area contributed by atoms with Crippen molar-refractivity contribution in [1.29, 1.82) is 0 Å². The minimum absolute atomic E-state index is 0.172. The average Bonchev–Trinajstić information content (AvgIpc) is 3.51. The van der Waals surface area contributed by atoms with Gasteiger partial charge in [0.1, 0.15) is 12.4 Å². The number of amides is 1. The highest BCUT2D eigenvalue weighted by atomic mass is 16.5. The fraction of sp³-hybridized carbons (Fsp3) is 0.519. The van der Waals surface area contributed by atoms with E-state index in [0.29, 0.717) is 12.2 Å². The molecule has 170 valence electrons. The number of nitrogens with two attached hydrogens (primary N) is 1. The first-order valence-corrected chi connectivity index (χ1v) is 12.2. The SMILES string of the molecule is NC(=O)c1ccc(OC[C@@H]2CCCO2)cc1[C@H]1CCc2cc(CN3CCCC3)ccc2C1. The summed E-state index contributed by atoms with van der Waals surface area (Å²) in [5.41, 5.74) is 11.7. The number of primary amides is 1. The lowest BCUT2D eigenvalue weighted by Crippen LogP contribution is -2.21. The molecule has 5 rings (SSSR count). The monoisotopic (exact) mass is 434 g/mol. The number of hydrogen-bond acceptors (Lipinski definition) is 4. The molecule has 3 aliphatic rings. The molecule has 2 fully saturated rings. The van der Waals surface area contributed by atoms with Crippen molar-refractivity contribution in [1.82, 2.24) is 4.90 Å². The van der Waals surface area contributed by atoms with Crippen molar-refractivity contribution in [3.63, 3.8) is 0 Å². The number of aryl methyl sites for hydroxylation is 1. The second-order valence-corrected chi connectivity index (χ2v) is 9.59. The fourth-order valence-corrected chi connectivity index (χ4v) is 5.53. The average molecular weight is 435 g/mol. The van der Waals surface area contributed by atoms with Crippen LogP contribution in [-0.2, 0) is 24.1 Å². The third kappa shape index (κ3) is 4.84. The summed E-state index contributed by atoms with van der Waals surface area (Å²) in [6.07, 6.45) is 7.96. The molecule has 0 spiro atoms. The lowest BCUT2D eigenvalue weighted by Gasteiger charge is -2.27. The van der Waals surface area contributed by atoms with E-state index in [4.69, 9.17) is 15.2 Å². The second-order valence-electron chi connectivity index (χ2n) is 9.59. The van der Waals surface area contributed by atoms with Gasteiger partial charge in [0.25, 0.3) is 0 Å². The van der Waals surface area contributed by atoms with E-state index in [2.05, 4.69) is 23.1 Å². The van der Waals surface area contributed by atoms with Gasteiger partial charge in [-0.3, -0.25) is 9.69 Å². The molecule has 1 aliphatic carbocycles. The smallest absolute Gasteiger partial charge is 0.248 e. The van der Waals surface area contributed by atoms with Gasteiger partial charge in [0.15, 0.2) is 0 Å². The molecular weight excluding hydrogens is 400 g/mol. The Kier molecular flexibility index (Phi) is 6.47. The zero-order valence-electron chi connectivity index (χ0n) is 18.9. The molecule has 0 unspecified atom stereocenters. The maximum Gasteiger partial charge on any atom is 0.248 e. The third-order valence-electron chi connectivity index (χ3n) is 7.29. The number of benzene rings is 2. The number of nitrogens with zero attached hydrogens (tertiary/aromatic N) is 1. The van der Waals surface area contributed by atoms with Crippen LogP contribution in [0.2, 0.25) is 0 Å². The molecule has 0 aromatic heterocycles. The van der Waals surface area contributed by atoms with E-state index in [0.717, 1.165) is 56.6 Å². The minimum Gasteiger partial charge on any atom is -0.491 e. The Hall–Kier alpha value is -2.37. The lowest BCUT2D eigenvalue weighted by molar-refractivity contribution is 0.0679. The van der Waals surface area contributed by atoms with Crippen LogP contribution in [0.3, 0.4) is 0 Å². The zero-order chi connectivity index (χ0) is 21.9. The predicted octanol–water partition coefficient (Wildman–Crippen LogP) is 4.21. The van der Waals surface area contributed by atoms with Crippen LogP contribution in [0.15, 0.2) is 36.4 Å². The van der Waals surface area contributed by atoms with Crippen LogP contribution >= 0.6 is 0 Å². The summed E-state index contributed by atoms with van der Waals surface area (Å²) in [7, 11) is 0. The molecule has 0 bridgehead atoms. The van der Waals surface area contributed by atoms with Crippen LogP contribution < -0.4 is 10.5 Å². The number of carbonyl (C=O) groups is 1. The molecule has 2 saturated heterocycles. The highest BCUT2D eigenvalue weighted by molar-refractivity contribution is 5.94. The number of ether oxygens (including phenoxy) is 2. The maximum absolute atomic E-state index is 12.2. The lowest BCUT2D eigenvalue weighted by atomic mass is 9.78. The first kappa shape index (κ1) is 21.5. The largest absolute Gasteiger partial charge is 0.491 e. The van der Waals surface area contributed by atoms with Gasteiger partial charge in [0.05, 0.1) is 6.10 Å². The van der Waals surface area contributed by atoms with Crippen molar-refractivity contribution in [2.45, 2.75) is 63.5 Å². The minimum atomic E-state index is -0.363. The number of rotatable bonds is 7. The van der Waals surface area contributed by atoms with Gasteiger partial charge in [-0.25, -0.2) is 0 Å². The summed E-state index contributed by atoms with van der Waals surface area (Å²) in [6.45, 7) is 4.89. The highest BCUT2D eigenvalue weighted by Crippen LogP contribution is 2.36. The molecule has 0 saturated carbocycles. The summed E-state index contributed by atoms with van der Waals surface area (Å²) < 4.78 is 11.7. The van der Waals surface area contributed by atoms with Gasteiger partial charge in [-0.05, 0) is 104 Å². The molecule has 0 radical (unpaired) electrons. The van der Waals surface area contributed by atoms with E-state index in [1.54, 1.807) is 0 Å². The van der Waals surface area contributed by atoms with Gasteiger partial charge in [0, 0.05) is 18.7 Å². The Morgan fingerprint density at radius 2 is 1.94 bits per heavy atom. The van der Waals surface area contributed by atoms with Gasteiger partial charge in [0.2, 0.25) is 5.91 Å². The number of carbonyl (C=O) groups excluding carboxylic acids is 1. The van der Waals surface area contributed by atoms with Gasteiger partial charge in [-0.15, -0.1) is 0 Å². The summed E-state index contributed by atoms with van der Waals surface area (Å²) in [5, 5.41) is 0. The fourth-order valence-electron chi connectivity index (χ4n) is 5.53. The van der Waals surface area contributed by atoms with E-state index in [1.165, 1.54) is 42.6 Å². The third-order valence-corrected chi connectivity index (χ3v) is 7.29. The van der Waals surface area contributed by atoms with Crippen LogP contribution in [0.1, 0.15) is 70.6 Å². The zero-order valence-corrected chi connectivity index (χ0v) is 18.9. The quantitative estimate of drug-likeness (QED) is 0.709. The second kappa shape index (κ2) is 9.63. The molecule has 2 aromatic carbocycles. The van der Waals surface area contributed by atoms with Crippen molar-refractivity contribution in [2.75, 3.05) is 26.3 Å². The molecule has 5 heteroatoms. The summed E-state index contributed by atoms with van der Waals surface area (Å²) in [6, 6.07) is 12.7. The number of likely N-dealkylation sites (tertiary alicyclic amines) is 1. The Morgan fingerprint density at radius 1 is 1.06 bits per heavy atom. The molecule has 2 N–H and O–H groups in total. The van der Waals surface area contributed by atoms with E-state index >= 15 is 0 Å². The van der Waals surface area contributed by atoms with E-state index in [1.807, 2.05) is 18.2 Å². The number of hydrogen-bond donors (Lipinski definition) is 1. The Balaban J connectivity index is 1.31. The molecule has 5 nitrogen and oxygen atoms in total. The Labute approximate surface area is 190 Å². The van der Waals surface area contributed by atoms with Crippen LogP contribution in [0.4, 0.5) is 0 Å². The molecule has 2 aliphatic heterocycles. The van der Waals surface area contributed by atoms with E-state index in [-0.39, 0.29) is 17.9 Å². The van der Waals surface area contributed by atoms with Crippen molar-refractivity contribution in [3.05, 3.63) is 64.2 Å². The topological polar surface area (TPSA) is 64.8 Å². The van der Waals surface area contributed by atoms with Crippen molar-refractivity contribution >= 4 is 5.91 Å². The molecule has 32 heavy (non-hydrogen) atoms. The van der Waals surface area contributed by atoms with Gasteiger partial charge in [-0.1, -0.05) is 18.2 Å². The first-order valence-electron chi connectivity index (χ1n) is 12.2. The molecule has 2 atom stereocenters. The Bertz CT molecular complexity index is 961. The van der Waals surface area contributed by atoms with Crippen LogP contribution in [-0.4, -0.2) is 43.2 Å². The van der Waals surface area contributed by atoms with Crippen LogP contribution in [0, 0.1) is 0 Å². The predicted molar refractivity (Wildman–Crippen MR) is 125 cm³/mol. The van der Waals surface area contributed by atoms with Crippen molar-refractivity contribution in [2.24, 2.45) is 5.73 Å². The highest BCUT2D eigenvalue weighted by Gasteiger charge is 2.25. The van der Waals surface area contributed by atoms with Crippen molar-refractivity contribution < 1.29 is 14.3 Å². The summed E-state index contributed by atoms with van der Waals surface area (Å²) >= 11 is 0. The van der Waals surface area contributed by atoms with Crippen LogP contribution in [0.5, 0.6) is 5.75 Å². The first-order chi connectivity index (χ1) is 15.7. The normalized spacial score (nSPS) is 23.2. The maximum atomic E-state index is 12.2. The standard InChI is InChI=1S/C27H34N2O3/c28-27(30)25-10-9-23(32-18-24-4-3-13-31-24)16-26(25)22-8-7-20-14-19(5-6-21(20)15-22)17-29-11-1-2-12-29/h5-6,9-10,14,16,22,24H,1-4,7-8,11-13,15,17-18H2,(H2,28,30)/t22-,24-/m0/s1. The Morgan fingerprint density at radius 3 is 2.72 bits per heavy atom. The van der Waals surface area contributed by atoms with Crippen LogP contribution in [0.25, 0.3) is 0 Å². The van der Waals surface area contributed by atoms with Gasteiger partial charge < -0.3 is 15.2 Å². The molecule has 2 heterocycles. The van der Waals surface area contributed by atoms with Gasteiger partial charge in [-0.2, -0.15) is 0 Å². The summed E-state index contributed by atoms with van der Waals surface area (Å²) in [4.78, 5) is 14.7. The molecule has 1 amide bonds.